The van der Waals surface area contributed by atoms with Gasteiger partial charge in [-0.3, -0.25) is 4.79 Å². The fourth-order valence-corrected chi connectivity index (χ4v) is 3.62. The van der Waals surface area contributed by atoms with Crippen LogP contribution in [0.25, 0.3) is 0 Å². The predicted molar refractivity (Wildman–Crippen MR) is 98.6 cm³/mol. The second kappa shape index (κ2) is 7.41. The predicted octanol–water partition coefficient (Wildman–Crippen LogP) is 0.766. The van der Waals surface area contributed by atoms with Crippen LogP contribution in [0.1, 0.15) is 24.1 Å². The first-order valence-corrected chi connectivity index (χ1v) is 9.17. The molecule has 1 aliphatic heterocycles. The summed E-state index contributed by atoms with van der Waals surface area (Å²) in [4.78, 5) is 22.7. The quantitative estimate of drug-likeness (QED) is 0.847. The molecule has 1 fully saturated rings. The third kappa shape index (κ3) is 3.55. The molecule has 1 aliphatic carbocycles. The second-order valence-electron chi connectivity index (χ2n) is 6.83. The number of anilines is 2. The van der Waals surface area contributed by atoms with Gasteiger partial charge in [0.2, 0.25) is 0 Å². The second-order valence-corrected chi connectivity index (χ2v) is 6.83. The summed E-state index contributed by atoms with van der Waals surface area (Å²) in [6.07, 6.45) is 7.66. The highest BCUT2D eigenvalue weighted by Crippen LogP contribution is 2.25. The number of hydrogen-bond donors (Lipinski definition) is 1. The van der Waals surface area contributed by atoms with Crippen molar-refractivity contribution in [1.82, 2.24) is 19.7 Å². The van der Waals surface area contributed by atoms with Crippen LogP contribution in [0.4, 0.5) is 11.5 Å². The van der Waals surface area contributed by atoms with E-state index in [9.17, 15) is 4.79 Å². The Morgan fingerprint density at radius 2 is 2.27 bits per heavy atom. The van der Waals surface area contributed by atoms with Crippen LogP contribution in [0, 0.1) is 0 Å². The van der Waals surface area contributed by atoms with Gasteiger partial charge in [0.1, 0.15) is 12.1 Å². The van der Waals surface area contributed by atoms with Gasteiger partial charge >= 0.3 is 0 Å². The Morgan fingerprint density at radius 3 is 3.15 bits per heavy atom. The van der Waals surface area contributed by atoms with Crippen LogP contribution < -0.4 is 15.8 Å². The van der Waals surface area contributed by atoms with Crippen molar-refractivity contribution in [2.24, 2.45) is 7.05 Å². The average molecular weight is 356 g/mol. The van der Waals surface area contributed by atoms with E-state index in [2.05, 4.69) is 25.3 Å². The van der Waals surface area contributed by atoms with Crippen molar-refractivity contribution in [2.45, 2.75) is 31.8 Å². The molecule has 4 rings (SSSR count). The number of fused-ring (bicyclic) bond motifs is 1. The van der Waals surface area contributed by atoms with Crippen LogP contribution in [0.2, 0.25) is 0 Å². The van der Waals surface area contributed by atoms with E-state index in [-0.39, 0.29) is 11.7 Å². The van der Waals surface area contributed by atoms with Crippen molar-refractivity contribution < 1.29 is 4.74 Å². The molecule has 0 radical (unpaired) electrons. The number of nitrogens with zero attached hydrogens (tertiary/aromatic N) is 5. The van der Waals surface area contributed by atoms with E-state index in [1.807, 2.05) is 0 Å². The Balaban J connectivity index is 1.33. The van der Waals surface area contributed by atoms with Crippen LogP contribution in [-0.2, 0) is 24.6 Å². The van der Waals surface area contributed by atoms with Crippen LogP contribution in [0.5, 0.6) is 0 Å². The highest BCUT2D eigenvalue weighted by molar-refractivity contribution is 5.48. The molecule has 8 nitrogen and oxygen atoms in total. The molecule has 2 aliphatic rings. The van der Waals surface area contributed by atoms with E-state index in [0.717, 1.165) is 56.8 Å². The van der Waals surface area contributed by atoms with Crippen molar-refractivity contribution in [1.29, 1.82) is 0 Å². The third-order valence-corrected chi connectivity index (χ3v) is 5.09. The summed E-state index contributed by atoms with van der Waals surface area (Å²) in [5.74, 6) is 0.968. The molecule has 3 heterocycles. The summed E-state index contributed by atoms with van der Waals surface area (Å²) in [5, 5.41) is 7.56. The van der Waals surface area contributed by atoms with E-state index in [1.165, 1.54) is 15.9 Å². The first-order chi connectivity index (χ1) is 12.7. The molecule has 0 unspecified atom stereocenters. The van der Waals surface area contributed by atoms with E-state index in [4.69, 9.17) is 4.74 Å². The number of nitrogens with one attached hydrogen (secondary N) is 1. The average Bonchev–Trinajstić information content (AvgIpc) is 3.14. The van der Waals surface area contributed by atoms with E-state index >= 15 is 0 Å². The highest BCUT2D eigenvalue weighted by atomic mass is 16.5. The zero-order valence-corrected chi connectivity index (χ0v) is 15.0. The van der Waals surface area contributed by atoms with Gasteiger partial charge in [0.15, 0.2) is 0 Å². The molecule has 0 spiro atoms. The zero-order valence-electron chi connectivity index (χ0n) is 15.0. The van der Waals surface area contributed by atoms with Crippen LogP contribution in [-0.4, -0.2) is 52.1 Å². The summed E-state index contributed by atoms with van der Waals surface area (Å²) in [7, 11) is 1.66. The Kier molecular flexibility index (Phi) is 4.83. The van der Waals surface area contributed by atoms with Gasteiger partial charge in [-0.15, -0.1) is 0 Å². The molecule has 2 aromatic rings. The van der Waals surface area contributed by atoms with Crippen molar-refractivity contribution in [2.75, 3.05) is 36.5 Å². The van der Waals surface area contributed by atoms with Gasteiger partial charge in [0, 0.05) is 44.0 Å². The maximum absolute atomic E-state index is 11.8. The SMILES string of the molecule is Cn1ncc(N2CCO[C@H](CCNc3ncnc4c3CCC4)C2)cc1=O. The molecule has 138 valence electrons. The Morgan fingerprint density at radius 1 is 1.35 bits per heavy atom. The number of aromatic nitrogens is 4. The summed E-state index contributed by atoms with van der Waals surface area (Å²) in [6, 6.07) is 1.64. The number of hydrogen-bond acceptors (Lipinski definition) is 7. The standard InChI is InChI=1S/C18H24N6O2/c1-23-17(25)9-13(10-22-23)24-7-8-26-14(11-24)5-6-19-18-15-3-2-4-16(15)20-12-21-18/h9-10,12,14H,2-8,11H2,1H3,(H,19,20,21)/t14-/m1/s1. The molecule has 8 heteroatoms. The van der Waals surface area contributed by atoms with Gasteiger partial charge in [0.05, 0.1) is 24.6 Å². The Bertz CT molecular complexity index is 837. The van der Waals surface area contributed by atoms with Gasteiger partial charge in [-0.2, -0.15) is 5.10 Å². The lowest BCUT2D eigenvalue weighted by Gasteiger charge is -2.34. The van der Waals surface area contributed by atoms with E-state index in [1.54, 1.807) is 25.6 Å². The van der Waals surface area contributed by atoms with Gasteiger partial charge in [0.25, 0.3) is 5.56 Å². The highest BCUT2D eigenvalue weighted by Gasteiger charge is 2.22. The molecule has 2 aromatic heterocycles. The molecule has 26 heavy (non-hydrogen) atoms. The number of morpholine rings is 1. The number of ether oxygens (including phenoxy) is 1. The molecule has 0 bridgehead atoms. The molecule has 1 N–H and O–H groups in total. The first kappa shape index (κ1) is 17.0. The van der Waals surface area contributed by atoms with Gasteiger partial charge in [-0.25, -0.2) is 14.6 Å². The fourth-order valence-electron chi connectivity index (χ4n) is 3.62. The van der Waals surface area contributed by atoms with Crippen molar-refractivity contribution >= 4 is 11.5 Å². The lowest BCUT2D eigenvalue weighted by molar-refractivity contribution is 0.0374. The van der Waals surface area contributed by atoms with Crippen LogP contribution in [0.3, 0.4) is 0 Å². The smallest absolute Gasteiger partial charge is 0.268 e. The minimum atomic E-state index is -0.0928. The molecular formula is C18H24N6O2. The third-order valence-electron chi connectivity index (χ3n) is 5.09. The van der Waals surface area contributed by atoms with Crippen LogP contribution in [0.15, 0.2) is 23.4 Å². The van der Waals surface area contributed by atoms with Crippen molar-refractivity contribution in [3.63, 3.8) is 0 Å². The Labute approximate surface area is 152 Å². The minimum absolute atomic E-state index is 0.0928. The maximum Gasteiger partial charge on any atom is 0.268 e. The zero-order chi connectivity index (χ0) is 17.9. The molecule has 1 atom stereocenters. The summed E-state index contributed by atoms with van der Waals surface area (Å²) in [6.45, 7) is 3.00. The maximum atomic E-state index is 11.8. The van der Waals surface area contributed by atoms with Gasteiger partial charge < -0.3 is 15.0 Å². The molecule has 1 saturated heterocycles. The number of rotatable bonds is 5. The molecule has 0 amide bonds. The summed E-state index contributed by atoms with van der Waals surface area (Å²) in [5.41, 5.74) is 3.22. The lowest BCUT2D eigenvalue weighted by atomic mass is 10.2. The van der Waals surface area contributed by atoms with Crippen LogP contribution >= 0.6 is 0 Å². The van der Waals surface area contributed by atoms with E-state index < -0.39 is 0 Å². The minimum Gasteiger partial charge on any atom is -0.374 e. The molecule has 0 aromatic carbocycles. The fraction of sp³-hybridized carbons (Fsp3) is 0.556. The van der Waals surface area contributed by atoms with Crippen molar-refractivity contribution in [3.05, 3.63) is 40.2 Å². The summed E-state index contributed by atoms with van der Waals surface area (Å²) < 4.78 is 7.23. The topological polar surface area (TPSA) is 85.2 Å². The van der Waals surface area contributed by atoms with Gasteiger partial charge in [-0.05, 0) is 25.7 Å². The van der Waals surface area contributed by atoms with Crippen molar-refractivity contribution in [3.8, 4) is 0 Å². The normalized spacial score (nSPS) is 19.4. The molecular weight excluding hydrogens is 332 g/mol. The Hall–Kier alpha value is -2.48. The number of aryl methyl sites for hydroxylation is 2. The first-order valence-electron chi connectivity index (χ1n) is 9.17. The lowest BCUT2D eigenvalue weighted by Crippen LogP contribution is -2.43. The largest absolute Gasteiger partial charge is 0.374 e. The summed E-state index contributed by atoms with van der Waals surface area (Å²) >= 11 is 0. The van der Waals surface area contributed by atoms with E-state index in [0.29, 0.717) is 6.61 Å². The van der Waals surface area contributed by atoms with Gasteiger partial charge in [-0.1, -0.05) is 0 Å². The molecule has 0 saturated carbocycles. The monoisotopic (exact) mass is 356 g/mol.